The van der Waals surface area contributed by atoms with E-state index in [1.165, 1.54) is 0 Å². The number of amides is 2. The van der Waals surface area contributed by atoms with Crippen LogP contribution in [0.3, 0.4) is 0 Å². The van der Waals surface area contributed by atoms with Gasteiger partial charge in [0.05, 0.1) is 12.0 Å². The summed E-state index contributed by atoms with van der Waals surface area (Å²) >= 11 is 5.98. The van der Waals surface area contributed by atoms with E-state index in [0.717, 1.165) is 12.8 Å². The lowest BCUT2D eigenvalue weighted by atomic mass is 9.78. The number of β-amino-alcohol motifs (C(OH)–C–C–N with tert-alkyl or cyclic N) is 1. The van der Waals surface area contributed by atoms with Crippen LogP contribution in [0, 0.1) is 5.41 Å². The van der Waals surface area contributed by atoms with Gasteiger partial charge in [-0.2, -0.15) is 5.10 Å². The van der Waals surface area contributed by atoms with Crippen molar-refractivity contribution in [3.63, 3.8) is 0 Å². The molecule has 0 aromatic carbocycles. The molecule has 1 atom stereocenters. The molecule has 0 aliphatic carbocycles. The summed E-state index contributed by atoms with van der Waals surface area (Å²) in [4.78, 5) is 28.6. The van der Waals surface area contributed by atoms with Gasteiger partial charge < -0.3 is 20.6 Å². The highest BCUT2D eigenvalue weighted by molar-refractivity contribution is 6.35. The molecule has 2 saturated heterocycles. The molecule has 2 aliphatic heterocycles. The van der Waals surface area contributed by atoms with Crippen LogP contribution in [-0.4, -0.2) is 69.7 Å². The van der Waals surface area contributed by atoms with Crippen molar-refractivity contribution >= 4 is 29.2 Å². The van der Waals surface area contributed by atoms with Gasteiger partial charge in [-0.15, -0.1) is 0 Å². The third kappa shape index (κ3) is 2.66. The van der Waals surface area contributed by atoms with E-state index in [0.29, 0.717) is 32.6 Å². The van der Waals surface area contributed by atoms with Gasteiger partial charge in [0.25, 0.3) is 5.91 Å². The Morgan fingerprint density at radius 2 is 2.22 bits per heavy atom. The van der Waals surface area contributed by atoms with Gasteiger partial charge in [-0.1, -0.05) is 11.6 Å². The van der Waals surface area contributed by atoms with Crippen LogP contribution in [0.4, 0.5) is 5.82 Å². The molecule has 3 heterocycles. The molecule has 3 rings (SSSR count). The third-order valence-corrected chi connectivity index (χ3v) is 5.16. The summed E-state index contributed by atoms with van der Waals surface area (Å²) < 4.78 is 0. The van der Waals surface area contributed by atoms with E-state index >= 15 is 0 Å². The number of carbonyl (C=O) groups is 2. The van der Waals surface area contributed by atoms with Crippen molar-refractivity contribution in [1.29, 1.82) is 0 Å². The van der Waals surface area contributed by atoms with Gasteiger partial charge >= 0.3 is 0 Å². The number of nitrogens with zero attached hydrogens (tertiary/aromatic N) is 3. The minimum Gasteiger partial charge on any atom is -0.395 e. The fourth-order valence-corrected chi connectivity index (χ4v) is 3.72. The standard InChI is InChI=1S/C14H20ClN5O3/c15-9-10(17-18-11(9)16)12(22)20-5-3-14(8-20)2-1-4-19(6-7-21)13(14)23/h21H,1-8H2,(H3,16,17,18)/t14-/m0/s1. The fraction of sp³-hybridized carbons (Fsp3) is 0.643. The number of H-pyrrole nitrogens is 1. The van der Waals surface area contributed by atoms with Crippen molar-refractivity contribution in [2.45, 2.75) is 19.3 Å². The van der Waals surface area contributed by atoms with Crippen LogP contribution in [0.5, 0.6) is 0 Å². The lowest BCUT2D eigenvalue weighted by Crippen LogP contribution is -2.51. The topological polar surface area (TPSA) is 116 Å². The first kappa shape index (κ1) is 16.1. The number of nitrogens with two attached hydrogens (primary N) is 1. The van der Waals surface area contributed by atoms with Crippen molar-refractivity contribution < 1.29 is 14.7 Å². The number of rotatable bonds is 3. The maximum atomic E-state index is 12.7. The van der Waals surface area contributed by atoms with E-state index in [1.807, 2.05) is 0 Å². The molecule has 1 aromatic rings. The molecule has 2 fully saturated rings. The average molecular weight is 342 g/mol. The van der Waals surface area contributed by atoms with Crippen LogP contribution >= 0.6 is 11.6 Å². The smallest absolute Gasteiger partial charge is 0.273 e. The largest absolute Gasteiger partial charge is 0.395 e. The lowest BCUT2D eigenvalue weighted by Gasteiger charge is -2.39. The second-order valence-corrected chi connectivity index (χ2v) is 6.55. The molecule has 1 spiro atoms. The Morgan fingerprint density at radius 1 is 1.43 bits per heavy atom. The van der Waals surface area contributed by atoms with E-state index in [4.69, 9.17) is 22.4 Å². The predicted molar refractivity (Wildman–Crippen MR) is 83.9 cm³/mol. The van der Waals surface area contributed by atoms with Gasteiger partial charge in [0, 0.05) is 26.2 Å². The van der Waals surface area contributed by atoms with Gasteiger partial charge in [-0.05, 0) is 19.3 Å². The van der Waals surface area contributed by atoms with E-state index in [9.17, 15) is 9.59 Å². The molecule has 1 aromatic heterocycles. The molecule has 126 valence electrons. The summed E-state index contributed by atoms with van der Waals surface area (Å²) in [7, 11) is 0. The molecule has 2 aliphatic rings. The van der Waals surface area contributed by atoms with Gasteiger partial charge in [0.1, 0.15) is 10.7 Å². The number of aromatic amines is 1. The molecule has 9 heteroatoms. The van der Waals surface area contributed by atoms with E-state index < -0.39 is 5.41 Å². The van der Waals surface area contributed by atoms with Crippen LogP contribution in [0.15, 0.2) is 0 Å². The first-order chi connectivity index (χ1) is 11.0. The summed E-state index contributed by atoms with van der Waals surface area (Å²) in [5.41, 5.74) is 5.18. The van der Waals surface area contributed by atoms with Crippen molar-refractivity contribution in [3.05, 3.63) is 10.7 Å². The number of likely N-dealkylation sites (tertiary alicyclic amines) is 2. The predicted octanol–water partition coefficient (Wildman–Crippen LogP) is 0.0923. The van der Waals surface area contributed by atoms with Crippen molar-refractivity contribution in [2.75, 3.05) is 38.5 Å². The summed E-state index contributed by atoms with van der Waals surface area (Å²) in [6.45, 7) is 1.82. The van der Waals surface area contributed by atoms with Crippen molar-refractivity contribution in [3.8, 4) is 0 Å². The third-order valence-electron chi connectivity index (χ3n) is 4.78. The SMILES string of the molecule is Nc1n[nH]c(C(=O)N2CC[C@@]3(CCCN(CCO)C3=O)C2)c1Cl. The normalized spacial score (nSPS) is 24.7. The summed E-state index contributed by atoms with van der Waals surface area (Å²) in [6.07, 6.45) is 2.27. The monoisotopic (exact) mass is 341 g/mol. The van der Waals surface area contributed by atoms with Crippen LogP contribution in [0.25, 0.3) is 0 Å². The zero-order valence-electron chi connectivity index (χ0n) is 12.7. The van der Waals surface area contributed by atoms with Crippen molar-refractivity contribution in [2.24, 2.45) is 5.41 Å². The Bertz CT molecular complexity index is 632. The number of hydrogen-bond acceptors (Lipinski definition) is 5. The van der Waals surface area contributed by atoms with Crippen LogP contribution in [-0.2, 0) is 4.79 Å². The van der Waals surface area contributed by atoms with E-state index in [1.54, 1.807) is 9.80 Å². The average Bonchev–Trinajstić information content (AvgIpc) is 3.10. The molecular formula is C14H20ClN5O3. The zero-order chi connectivity index (χ0) is 16.6. The Morgan fingerprint density at radius 3 is 2.87 bits per heavy atom. The number of halogens is 1. The molecular weight excluding hydrogens is 322 g/mol. The number of nitrogen functional groups attached to an aromatic ring is 1. The maximum Gasteiger partial charge on any atom is 0.273 e. The number of hydrogen-bond donors (Lipinski definition) is 3. The molecule has 0 bridgehead atoms. The first-order valence-electron chi connectivity index (χ1n) is 7.67. The quantitative estimate of drug-likeness (QED) is 0.720. The van der Waals surface area contributed by atoms with Crippen LogP contribution in [0.2, 0.25) is 5.02 Å². The maximum absolute atomic E-state index is 12.7. The zero-order valence-corrected chi connectivity index (χ0v) is 13.5. The number of piperidine rings is 1. The van der Waals surface area contributed by atoms with E-state index in [2.05, 4.69) is 10.2 Å². The molecule has 0 saturated carbocycles. The van der Waals surface area contributed by atoms with Gasteiger partial charge in [0.15, 0.2) is 5.82 Å². The summed E-state index contributed by atoms with van der Waals surface area (Å²) in [5, 5.41) is 15.5. The summed E-state index contributed by atoms with van der Waals surface area (Å²) in [6, 6.07) is 0. The summed E-state index contributed by atoms with van der Waals surface area (Å²) in [5.74, 6) is -0.168. The van der Waals surface area contributed by atoms with Gasteiger partial charge in [-0.3, -0.25) is 14.7 Å². The molecule has 2 amide bonds. The van der Waals surface area contributed by atoms with Crippen molar-refractivity contribution in [1.82, 2.24) is 20.0 Å². The Kier molecular flexibility index (Phi) is 4.20. The number of aliphatic hydroxyl groups excluding tert-OH is 1. The second-order valence-electron chi connectivity index (χ2n) is 6.17. The first-order valence-corrected chi connectivity index (χ1v) is 8.05. The molecule has 4 N–H and O–H groups in total. The number of aromatic nitrogens is 2. The minimum atomic E-state index is -0.541. The highest BCUT2D eigenvalue weighted by Crippen LogP contribution is 2.40. The van der Waals surface area contributed by atoms with Gasteiger partial charge in [-0.25, -0.2) is 0 Å². The van der Waals surface area contributed by atoms with E-state index in [-0.39, 0.29) is 35.0 Å². The molecule has 23 heavy (non-hydrogen) atoms. The van der Waals surface area contributed by atoms with Gasteiger partial charge in [0.2, 0.25) is 5.91 Å². The minimum absolute atomic E-state index is 0.0309. The Hall–Kier alpha value is -1.80. The number of anilines is 1. The lowest BCUT2D eigenvalue weighted by molar-refractivity contribution is -0.146. The van der Waals surface area contributed by atoms with Crippen LogP contribution < -0.4 is 5.73 Å². The molecule has 0 radical (unpaired) electrons. The fourth-order valence-electron chi connectivity index (χ4n) is 3.55. The highest BCUT2D eigenvalue weighted by atomic mass is 35.5. The van der Waals surface area contributed by atoms with Crippen LogP contribution in [0.1, 0.15) is 29.8 Å². The molecule has 0 unspecified atom stereocenters. The number of carbonyl (C=O) groups excluding carboxylic acids is 2. The molecule has 8 nitrogen and oxygen atoms in total. The Balaban J connectivity index is 1.76. The number of nitrogens with one attached hydrogen (secondary N) is 1. The second kappa shape index (κ2) is 6.01. The Labute approximate surface area is 138 Å². The highest BCUT2D eigenvalue weighted by Gasteiger charge is 2.49. The number of aliphatic hydroxyl groups is 1.